The van der Waals surface area contributed by atoms with Crippen LogP contribution in [0.1, 0.15) is 28.8 Å². The first-order chi connectivity index (χ1) is 9.49. The van der Waals surface area contributed by atoms with Gasteiger partial charge >= 0.3 is 0 Å². The Hall–Kier alpha value is -1.51. The summed E-state index contributed by atoms with van der Waals surface area (Å²) in [5, 5.41) is 2.22. The molecule has 0 aliphatic carbocycles. The summed E-state index contributed by atoms with van der Waals surface area (Å²) >= 11 is 2.04. The van der Waals surface area contributed by atoms with Crippen LogP contribution < -0.4 is 5.32 Å². The van der Waals surface area contributed by atoms with Crippen LogP contribution in [0.2, 0.25) is 0 Å². The van der Waals surface area contributed by atoms with E-state index in [4.69, 9.17) is 0 Å². The largest absolute Gasteiger partial charge is 0.322 e. The van der Waals surface area contributed by atoms with E-state index in [1.165, 1.54) is 11.0 Å². The predicted octanol–water partition coefficient (Wildman–Crippen LogP) is 1.19. The van der Waals surface area contributed by atoms with Crippen molar-refractivity contribution in [3.63, 3.8) is 0 Å². The lowest BCUT2D eigenvalue weighted by atomic mass is 10.0. The number of fused-ring (bicyclic) bond motifs is 1. The fourth-order valence-corrected chi connectivity index (χ4v) is 3.22. The van der Waals surface area contributed by atoms with Crippen LogP contribution in [0, 0.1) is 9.39 Å². The molecule has 104 valence electrons. The summed E-state index contributed by atoms with van der Waals surface area (Å²) in [6.07, 6.45) is 0.471. The van der Waals surface area contributed by atoms with Crippen LogP contribution in [0.4, 0.5) is 4.39 Å². The maximum absolute atomic E-state index is 13.8. The fourth-order valence-electron chi connectivity index (χ4n) is 2.60. The Kier molecular flexibility index (Phi) is 3.23. The van der Waals surface area contributed by atoms with Gasteiger partial charge < -0.3 is 4.90 Å². The summed E-state index contributed by atoms with van der Waals surface area (Å²) in [6.45, 7) is 0.205. The molecule has 1 aromatic carbocycles. The SMILES string of the molecule is O=C1CC[C@H](N2Cc3c(I)ccc(F)c3C2=O)C(=O)N1. The molecule has 1 aromatic rings. The number of hydrogen-bond acceptors (Lipinski definition) is 3. The third kappa shape index (κ3) is 2.00. The Balaban J connectivity index is 1.94. The van der Waals surface area contributed by atoms with E-state index in [1.807, 2.05) is 22.6 Å². The zero-order valence-corrected chi connectivity index (χ0v) is 12.4. The van der Waals surface area contributed by atoms with Crippen molar-refractivity contribution in [2.24, 2.45) is 0 Å². The molecule has 3 rings (SSSR count). The van der Waals surface area contributed by atoms with Gasteiger partial charge in [-0.1, -0.05) is 0 Å². The average Bonchev–Trinajstić information content (AvgIpc) is 2.73. The summed E-state index contributed by atoms with van der Waals surface area (Å²) in [5.41, 5.74) is 0.655. The van der Waals surface area contributed by atoms with E-state index in [2.05, 4.69) is 5.32 Å². The van der Waals surface area contributed by atoms with Crippen LogP contribution in [0.15, 0.2) is 12.1 Å². The van der Waals surface area contributed by atoms with Crippen LogP contribution >= 0.6 is 22.6 Å². The number of nitrogens with one attached hydrogen (secondary N) is 1. The second-order valence-electron chi connectivity index (χ2n) is 4.78. The molecule has 0 spiro atoms. The van der Waals surface area contributed by atoms with Crippen molar-refractivity contribution in [1.82, 2.24) is 10.2 Å². The number of halogens is 2. The first-order valence-electron chi connectivity index (χ1n) is 6.10. The first-order valence-corrected chi connectivity index (χ1v) is 7.18. The van der Waals surface area contributed by atoms with Gasteiger partial charge in [-0.2, -0.15) is 0 Å². The fraction of sp³-hybridized carbons (Fsp3) is 0.308. The summed E-state index contributed by atoms with van der Waals surface area (Å²) in [5.74, 6) is -1.88. The van der Waals surface area contributed by atoms with Gasteiger partial charge in [-0.05, 0) is 41.1 Å². The molecular weight excluding hydrogens is 378 g/mol. The van der Waals surface area contributed by atoms with E-state index in [9.17, 15) is 18.8 Å². The number of nitrogens with zero attached hydrogens (tertiary/aromatic N) is 1. The highest BCUT2D eigenvalue weighted by Crippen LogP contribution is 2.32. The molecule has 1 atom stereocenters. The maximum atomic E-state index is 13.8. The van der Waals surface area contributed by atoms with Gasteiger partial charge in [-0.25, -0.2) is 4.39 Å². The molecule has 1 saturated heterocycles. The normalized spacial score (nSPS) is 22.0. The highest BCUT2D eigenvalue weighted by atomic mass is 127. The minimum Gasteiger partial charge on any atom is -0.322 e. The third-order valence-electron chi connectivity index (χ3n) is 3.59. The second kappa shape index (κ2) is 4.80. The van der Waals surface area contributed by atoms with Gasteiger partial charge in [0, 0.05) is 22.1 Å². The first kappa shape index (κ1) is 13.5. The van der Waals surface area contributed by atoms with E-state index < -0.39 is 23.7 Å². The van der Waals surface area contributed by atoms with E-state index in [0.29, 0.717) is 5.56 Å². The highest BCUT2D eigenvalue weighted by molar-refractivity contribution is 14.1. The van der Waals surface area contributed by atoms with Crippen molar-refractivity contribution in [1.29, 1.82) is 0 Å². The van der Waals surface area contributed by atoms with Gasteiger partial charge in [-0.3, -0.25) is 19.7 Å². The molecule has 0 radical (unpaired) electrons. The molecule has 0 bridgehead atoms. The van der Waals surface area contributed by atoms with Gasteiger partial charge in [0.25, 0.3) is 5.91 Å². The van der Waals surface area contributed by atoms with Crippen LogP contribution in [0.3, 0.4) is 0 Å². The lowest BCUT2D eigenvalue weighted by molar-refractivity contribution is -0.136. The predicted molar refractivity (Wildman–Crippen MR) is 75.2 cm³/mol. The van der Waals surface area contributed by atoms with Crippen molar-refractivity contribution in [2.45, 2.75) is 25.4 Å². The van der Waals surface area contributed by atoms with E-state index in [1.54, 1.807) is 6.07 Å². The van der Waals surface area contributed by atoms with Crippen molar-refractivity contribution in [2.75, 3.05) is 0 Å². The van der Waals surface area contributed by atoms with Crippen molar-refractivity contribution >= 4 is 40.3 Å². The molecule has 20 heavy (non-hydrogen) atoms. The molecule has 1 fully saturated rings. The smallest absolute Gasteiger partial charge is 0.258 e. The molecular formula is C13H10FIN2O3. The molecule has 2 heterocycles. The van der Waals surface area contributed by atoms with Crippen molar-refractivity contribution in [3.8, 4) is 0 Å². The summed E-state index contributed by atoms with van der Waals surface area (Å²) in [4.78, 5) is 36.6. The molecule has 3 amide bonds. The van der Waals surface area contributed by atoms with Gasteiger partial charge in [0.05, 0.1) is 5.56 Å². The highest BCUT2D eigenvalue weighted by Gasteiger charge is 2.41. The Labute approximate surface area is 127 Å². The van der Waals surface area contributed by atoms with E-state index in [0.717, 1.165) is 3.57 Å². The maximum Gasteiger partial charge on any atom is 0.258 e. The lowest BCUT2D eigenvalue weighted by Crippen LogP contribution is -2.52. The Morgan fingerprint density at radius 1 is 1.30 bits per heavy atom. The standard InChI is InChI=1S/C13H10FIN2O3/c14-7-1-2-8(15)6-5-17(13(20)11(6)7)9-3-4-10(18)16-12(9)19/h1-2,9H,3-5H2,(H,16,18,19)/t9-/m0/s1. The molecule has 1 N–H and O–H groups in total. The molecule has 2 aliphatic heterocycles. The number of rotatable bonds is 1. The van der Waals surface area contributed by atoms with Crippen LogP contribution in [0.25, 0.3) is 0 Å². The van der Waals surface area contributed by atoms with Gasteiger partial charge in [0.1, 0.15) is 11.9 Å². The number of benzene rings is 1. The number of amides is 3. The molecule has 0 unspecified atom stereocenters. The Morgan fingerprint density at radius 3 is 2.70 bits per heavy atom. The Bertz CT molecular complexity index is 647. The lowest BCUT2D eigenvalue weighted by Gasteiger charge is -2.29. The summed E-state index contributed by atoms with van der Waals surface area (Å²) in [7, 11) is 0. The quantitative estimate of drug-likeness (QED) is 0.581. The molecule has 0 saturated carbocycles. The second-order valence-corrected chi connectivity index (χ2v) is 5.94. The summed E-state index contributed by atoms with van der Waals surface area (Å²) < 4.78 is 14.6. The molecule has 0 aromatic heterocycles. The number of hydrogen-bond donors (Lipinski definition) is 1. The number of piperidine rings is 1. The van der Waals surface area contributed by atoms with Crippen molar-refractivity contribution < 1.29 is 18.8 Å². The van der Waals surface area contributed by atoms with E-state index >= 15 is 0 Å². The van der Waals surface area contributed by atoms with Gasteiger partial charge in [-0.15, -0.1) is 0 Å². The average molecular weight is 388 g/mol. The monoisotopic (exact) mass is 388 g/mol. The van der Waals surface area contributed by atoms with Crippen LogP contribution in [0.5, 0.6) is 0 Å². The third-order valence-corrected chi connectivity index (χ3v) is 4.61. The minimum atomic E-state index is -0.706. The molecule has 5 nitrogen and oxygen atoms in total. The zero-order valence-electron chi connectivity index (χ0n) is 10.3. The van der Waals surface area contributed by atoms with E-state index in [-0.39, 0.29) is 30.9 Å². The van der Waals surface area contributed by atoms with Crippen LogP contribution in [-0.4, -0.2) is 28.7 Å². The number of carbonyl (C=O) groups excluding carboxylic acids is 3. The zero-order chi connectivity index (χ0) is 14.4. The summed E-state index contributed by atoms with van der Waals surface area (Å²) in [6, 6.07) is 2.16. The topological polar surface area (TPSA) is 66.5 Å². The van der Waals surface area contributed by atoms with Crippen molar-refractivity contribution in [3.05, 3.63) is 32.6 Å². The number of carbonyl (C=O) groups is 3. The molecule has 2 aliphatic rings. The van der Waals surface area contributed by atoms with Crippen LogP contribution in [-0.2, 0) is 16.1 Å². The number of imide groups is 1. The minimum absolute atomic E-state index is 0.0431. The Morgan fingerprint density at radius 2 is 2.05 bits per heavy atom. The van der Waals surface area contributed by atoms with Gasteiger partial charge in [0.15, 0.2) is 0 Å². The van der Waals surface area contributed by atoms with Gasteiger partial charge in [0.2, 0.25) is 11.8 Å². The molecule has 7 heteroatoms.